The van der Waals surface area contributed by atoms with E-state index in [9.17, 15) is 9.59 Å². The lowest BCUT2D eigenvalue weighted by atomic mass is 10.3. The molecule has 2 N–H and O–H groups in total. The SMILES string of the molecule is CCOc1ccc(NC(=O)CSc2nnc3[nH]c(=O)cc(C)n23)cc1. The molecular formula is C16H17N5O3S. The topological polar surface area (TPSA) is 101 Å². The van der Waals surface area contributed by atoms with Crippen molar-refractivity contribution in [2.75, 3.05) is 17.7 Å². The van der Waals surface area contributed by atoms with Gasteiger partial charge in [0.2, 0.25) is 11.7 Å². The second-order valence-electron chi connectivity index (χ2n) is 5.21. The Kier molecular flexibility index (Phi) is 5.03. The molecule has 8 nitrogen and oxygen atoms in total. The van der Waals surface area contributed by atoms with Gasteiger partial charge >= 0.3 is 0 Å². The Morgan fingerprint density at radius 2 is 2.08 bits per heavy atom. The number of fused-ring (bicyclic) bond motifs is 1. The molecule has 0 aliphatic rings. The first-order chi connectivity index (χ1) is 12.1. The number of rotatable bonds is 6. The fraction of sp³-hybridized carbons (Fsp3) is 0.250. The molecule has 0 aliphatic heterocycles. The van der Waals surface area contributed by atoms with Gasteiger partial charge in [0.05, 0.1) is 12.4 Å². The normalized spacial score (nSPS) is 10.8. The van der Waals surface area contributed by atoms with Crippen LogP contribution in [0.1, 0.15) is 12.6 Å². The largest absolute Gasteiger partial charge is 0.494 e. The van der Waals surface area contributed by atoms with Gasteiger partial charge in [0.15, 0.2) is 5.16 Å². The molecule has 130 valence electrons. The number of benzene rings is 1. The van der Waals surface area contributed by atoms with Gasteiger partial charge in [0, 0.05) is 17.4 Å². The molecule has 0 saturated carbocycles. The molecule has 0 radical (unpaired) electrons. The number of hydrogen-bond donors (Lipinski definition) is 2. The number of carbonyl (C=O) groups excluding carboxylic acids is 1. The third-order valence-corrected chi connectivity index (χ3v) is 4.27. The van der Waals surface area contributed by atoms with Gasteiger partial charge in [-0.15, -0.1) is 10.2 Å². The summed E-state index contributed by atoms with van der Waals surface area (Å²) in [6.07, 6.45) is 0. The van der Waals surface area contributed by atoms with Crippen LogP contribution < -0.4 is 15.6 Å². The lowest BCUT2D eigenvalue weighted by Crippen LogP contribution is -2.14. The summed E-state index contributed by atoms with van der Waals surface area (Å²) in [6.45, 7) is 4.30. The first-order valence-electron chi connectivity index (χ1n) is 7.67. The first kappa shape index (κ1) is 17.0. The number of hydrogen-bond acceptors (Lipinski definition) is 6. The molecule has 0 bridgehead atoms. The van der Waals surface area contributed by atoms with Crippen LogP contribution in [0.15, 0.2) is 40.3 Å². The van der Waals surface area contributed by atoms with Crippen molar-refractivity contribution in [3.8, 4) is 5.75 Å². The van der Waals surface area contributed by atoms with Crippen LogP contribution in [0.4, 0.5) is 5.69 Å². The average molecular weight is 359 g/mol. The van der Waals surface area contributed by atoms with Crippen molar-refractivity contribution in [3.05, 3.63) is 46.4 Å². The number of aryl methyl sites for hydroxylation is 1. The number of aromatic amines is 1. The van der Waals surface area contributed by atoms with E-state index in [1.54, 1.807) is 35.6 Å². The summed E-state index contributed by atoms with van der Waals surface area (Å²) in [4.78, 5) is 26.1. The maximum absolute atomic E-state index is 12.1. The molecule has 3 aromatic rings. The van der Waals surface area contributed by atoms with E-state index in [-0.39, 0.29) is 17.2 Å². The van der Waals surface area contributed by atoms with E-state index in [0.717, 1.165) is 5.75 Å². The second-order valence-corrected chi connectivity index (χ2v) is 6.15. The van der Waals surface area contributed by atoms with Crippen LogP contribution in [-0.4, -0.2) is 37.8 Å². The van der Waals surface area contributed by atoms with Crippen LogP contribution in [0.2, 0.25) is 0 Å². The Hall–Kier alpha value is -2.81. The highest BCUT2D eigenvalue weighted by Gasteiger charge is 2.12. The molecule has 0 atom stereocenters. The van der Waals surface area contributed by atoms with Gasteiger partial charge in [-0.1, -0.05) is 11.8 Å². The van der Waals surface area contributed by atoms with E-state index in [1.807, 2.05) is 6.92 Å². The quantitative estimate of drug-likeness (QED) is 0.652. The van der Waals surface area contributed by atoms with Gasteiger partial charge in [-0.25, -0.2) is 0 Å². The van der Waals surface area contributed by atoms with Crippen molar-refractivity contribution < 1.29 is 9.53 Å². The van der Waals surface area contributed by atoms with E-state index in [2.05, 4.69) is 20.5 Å². The zero-order valence-electron chi connectivity index (χ0n) is 13.8. The van der Waals surface area contributed by atoms with Gasteiger partial charge in [0.25, 0.3) is 5.56 Å². The second kappa shape index (κ2) is 7.39. The fourth-order valence-electron chi connectivity index (χ4n) is 2.29. The molecule has 0 fully saturated rings. The summed E-state index contributed by atoms with van der Waals surface area (Å²) in [5.41, 5.74) is 1.17. The Balaban J connectivity index is 1.63. The molecule has 25 heavy (non-hydrogen) atoms. The number of anilines is 1. The summed E-state index contributed by atoms with van der Waals surface area (Å²) in [7, 11) is 0. The highest BCUT2D eigenvalue weighted by molar-refractivity contribution is 7.99. The summed E-state index contributed by atoms with van der Waals surface area (Å²) in [5, 5.41) is 11.3. The molecule has 0 unspecified atom stereocenters. The monoisotopic (exact) mass is 359 g/mol. The van der Waals surface area contributed by atoms with Crippen LogP contribution in [0, 0.1) is 6.92 Å². The van der Waals surface area contributed by atoms with Crippen LogP contribution in [-0.2, 0) is 4.79 Å². The minimum absolute atomic E-state index is 0.159. The molecule has 1 amide bonds. The standard InChI is InChI=1S/C16H17N5O3S/c1-3-24-12-6-4-11(5-7-12)17-14(23)9-25-16-20-19-15-18-13(22)8-10(2)21(15)16/h4-8H,3,9H2,1-2H3,(H,17,23)(H,18,19,22). The lowest BCUT2D eigenvalue weighted by Gasteiger charge is -2.07. The number of nitrogens with zero attached hydrogens (tertiary/aromatic N) is 3. The number of amides is 1. The summed E-state index contributed by atoms with van der Waals surface area (Å²) in [5.74, 6) is 1.13. The van der Waals surface area contributed by atoms with Crippen LogP contribution in [0.25, 0.3) is 5.78 Å². The predicted octanol–water partition coefficient (Wildman–Crippen LogP) is 1.86. The number of nitrogens with one attached hydrogen (secondary N) is 2. The van der Waals surface area contributed by atoms with E-state index in [4.69, 9.17) is 4.74 Å². The highest BCUT2D eigenvalue weighted by atomic mass is 32.2. The summed E-state index contributed by atoms with van der Waals surface area (Å²) in [6, 6.07) is 8.64. The van der Waals surface area contributed by atoms with Crippen LogP contribution in [0.3, 0.4) is 0 Å². The molecule has 2 heterocycles. The summed E-state index contributed by atoms with van der Waals surface area (Å²) < 4.78 is 7.07. The molecule has 3 rings (SSSR count). The predicted molar refractivity (Wildman–Crippen MR) is 95.3 cm³/mol. The number of aromatic nitrogens is 4. The van der Waals surface area contributed by atoms with Crippen molar-refractivity contribution >= 4 is 29.1 Å². The average Bonchev–Trinajstić information content (AvgIpc) is 2.98. The van der Waals surface area contributed by atoms with E-state index < -0.39 is 0 Å². The Labute approximate surface area is 147 Å². The van der Waals surface area contributed by atoms with Gasteiger partial charge in [0.1, 0.15) is 5.75 Å². The fourth-order valence-corrected chi connectivity index (χ4v) is 3.08. The van der Waals surface area contributed by atoms with Crippen LogP contribution in [0.5, 0.6) is 5.75 Å². The lowest BCUT2D eigenvalue weighted by molar-refractivity contribution is -0.113. The van der Waals surface area contributed by atoms with Gasteiger partial charge in [-0.05, 0) is 38.1 Å². The maximum Gasteiger partial charge on any atom is 0.252 e. The number of H-pyrrole nitrogens is 1. The van der Waals surface area contributed by atoms with Crippen molar-refractivity contribution in [1.29, 1.82) is 0 Å². The third-order valence-electron chi connectivity index (χ3n) is 3.34. The van der Waals surface area contributed by atoms with Crippen molar-refractivity contribution in [1.82, 2.24) is 19.6 Å². The maximum atomic E-state index is 12.1. The Morgan fingerprint density at radius 3 is 2.80 bits per heavy atom. The molecule has 9 heteroatoms. The molecule has 0 aliphatic carbocycles. The minimum atomic E-state index is -0.234. The number of ether oxygens (including phenoxy) is 1. The van der Waals surface area contributed by atoms with Gasteiger partial charge in [-0.2, -0.15) is 0 Å². The smallest absolute Gasteiger partial charge is 0.252 e. The number of carbonyl (C=O) groups is 1. The van der Waals surface area contributed by atoms with E-state index in [1.165, 1.54) is 17.8 Å². The number of thioether (sulfide) groups is 1. The molecule has 2 aromatic heterocycles. The molecular weight excluding hydrogens is 342 g/mol. The van der Waals surface area contributed by atoms with E-state index in [0.29, 0.717) is 28.9 Å². The summed E-state index contributed by atoms with van der Waals surface area (Å²) >= 11 is 1.25. The van der Waals surface area contributed by atoms with Crippen LogP contribution >= 0.6 is 11.8 Å². The van der Waals surface area contributed by atoms with Gasteiger partial charge < -0.3 is 10.1 Å². The van der Waals surface area contributed by atoms with Crippen molar-refractivity contribution in [3.63, 3.8) is 0 Å². The van der Waals surface area contributed by atoms with E-state index >= 15 is 0 Å². The Morgan fingerprint density at radius 1 is 1.32 bits per heavy atom. The highest BCUT2D eigenvalue weighted by Crippen LogP contribution is 2.19. The third kappa shape index (κ3) is 4.00. The Bertz CT molecular complexity index is 949. The zero-order valence-corrected chi connectivity index (χ0v) is 14.6. The van der Waals surface area contributed by atoms with Crippen molar-refractivity contribution in [2.45, 2.75) is 19.0 Å². The first-order valence-corrected chi connectivity index (χ1v) is 8.66. The van der Waals surface area contributed by atoms with Crippen molar-refractivity contribution in [2.24, 2.45) is 0 Å². The zero-order chi connectivity index (χ0) is 17.8. The molecule has 0 saturated heterocycles. The minimum Gasteiger partial charge on any atom is -0.494 e. The van der Waals surface area contributed by atoms with Gasteiger partial charge in [-0.3, -0.25) is 19.0 Å². The molecule has 1 aromatic carbocycles. The molecule has 0 spiro atoms.